The number of aliphatic hydroxyl groups is 1. The van der Waals surface area contributed by atoms with Crippen LogP contribution in [0.1, 0.15) is 45.1 Å². The van der Waals surface area contributed by atoms with Crippen molar-refractivity contribution in [3.05, 3.63) is 18.7 Å². The average molecular weight is 265 g/mol. The van der Waals surface area contributed by atoms with Crippen LogP contribution in [0, 0.1) is 0 Å². The van der Waals surface area contributed by atoms with Gasteiger partial charge < -0.3 is 14.6 Å². The van der Waals surface area contributed by atoms with Crippen LogP contribution in [0.15, 0.2) is 18.7 Å². The zero-order chi connectivity index (χ0) is 13.7. The zero-order valence-corrected chi connectivity index (χ0v) is 11.5. The molecule has 0 spiro atoms. The second kappa shape index (κ2) is 6.70. The molecule has 1 aromatic rings. The van der Waals surface area contributed by atoms with Crippen LogP contribution in [0.4, 0.5) is 0 Å². The number of aromatic nitrogens is 2. The molecule has 1 N–H and O–H groups in total. The van der Waals surface area contributed by atoms with Crippen LogP contribution in [0.2, 0.25) is 0 Å². The number of aliphatic hydroxyl groups excluding tert-OH is 1. The maximum absolute atomic E-state index is 12.3. The van der Waals surface area contributed by atoms with Crippen molar-refractivity contribution in [1.82, 2.24) is 14.5 Å². The van der Waals surface area contributed by atoms with Crippen molar-refractivity contribution in [3.63, 3.8) is 0 Å². The van der Waals surface area contributed by atoms with Gasteiger partial charge in [0.2, 0.25) is 5.91 Å². The standard InChI is InChI=1S/C14H23N3O2/c1-2-4-12(17-8-6-15-11-17)9-14(19)16-7-3-5-13(18)10-16/h6,8,11-13,18H,2-5,7,9-10H2,1H3. The molecule has 1 aromatic heterocycles. The molecule has 1 fully saturated rings. The summed E-state index contributed by atoms with van der Waals surface area (Å²) in [4.78, 5) is 18.2. The van der Waals surface area contributed by atoms with Gasteiger partial charge in [0.05, 0.1) is 12.4 Å². The fourth-order valence-corrected chi connectivity index (χ4v) is 2.69. The molecule has 2 unspecified atom stereocenters. The third-order valence-corrected chi connectivity index (χ3v) is 3.73. The van der Waals surface area contributed by atoms with Crippen LogP contribution < -0.4 is 0 Å². The minimum atomic E-state index is -0.351. The van der Waals surface area contributed by atoms with E-state index in [1.54, 1.807) is 17.4 Å². The number of rotatable bonds is 5. The molecule has 1 aliphatic rings. The Kier molecular flexibility index (Phi) is 4.96. The van der Waals surface area contributed by atoms with E-state index in [0.717, 1.165) is 32.2 Å². The van der Waals surface area contributed by atoms with Crippen LogP contribution in [-0.2, 0) is 4.79 Å². The summed E-state index contributed by atoms with van der Waals surface area (Å²) in [6, 6.07) is 0.180. The molecule has 0 aliphatic carbocycles. The molecule has 19 heavy (non-hydrogen) atoms. The van der Waals surface area contributed by atoms with E-state index in [2.05, 4.69) is 11.9 Å². The van der Waals surface area contributed by atoms with Gasteiger partial charge in [-0.2, -0.15) is 0 Å². The van der Waals surface area contributed by atoms with Gasteiger partial charge in [-0.25, -0.2) is 4.98 Å². The second-order valence-electron chi connectivity index (χ2n) is 5.29. The monoisotopic (exact) mass is 265 g/mol. The van der Waals surface area contributed by atoms with E-state index >= 15 is 0 Å². The first-order valence-corrected chi connectivity index (χ1v) is 7.14. The van der Waals surface area contributed by atoms with Gasteiger partial charge in [0.25, 0.3) is 0 Å². The van der Waals surface area contributed by atoms with Crippen molar-refractivity contribution < 1.29 is 9.90 Å². The van der Waals surface area contributed by atoms with Crippen molar-refractivity contribution in [2.75, 3.05) is 13.1 Å². The van der Waals surface area contributed by atoms with E-state index < -0.39 is 0 Å². The second-order valence-corrected chi connectivity index (χ2v) is 5.29. The molecule has 1 saturated heterocycles. The minimum Gasteiger partial charge on any atom is -0.391 e. The normalized spacial score (nSPS) is 21.4. The third-order valence-electron chi connectivity index (χ3n) is 3.73. The number of hydrogen-bond donors (Lipinski definition) is 1. The van der Waals surface area contributed by atoms with Gasteiger partial charge in [-0.15, -0.1) is 0 Å². The lowest BCUT2D eigenvalue weighted by molar-refractivity contribution is -0.135. The first-order valence-electron chi connectivity index (χ1n) is 7.14. The lowest BCUT2D eigenvalue weighted by Gasteiger charge is -2.31. The summed E-state index contributed by atoms with van der Waals surface area (Å²) < 4.78 is 2.02. The number of imidazole rings is 1. The highest BCUT2D eigenvalue weighted by Crippen LogP contribution is 2.20. The predicted molar refractivity (Wildman–Crippen MR) is 72.6 cm³/mol. The molecule has 0 radical (unpaired) electrons. The predicted octanol–water partition coefficient (Wildman–Crippen LogP) is 1.60. The van der Waals surface area contributed by atoms with Crippen molar-refractivity contribution in [1.29, 1.82) is 0 Å². The van der Waals surface area contributed by atoms with Gasteiger partial charge in [0.15, 0.2) is 0 Å². The Morgan fingerprint density at radius 2 is 2.42 bits per heavy atom. The maximum atomic E-state index is 12.3. The molecule has 106 valence electrons. The zero-order valence-electron chi connectivity index (χ0n) is 11.5. The Morgan fingerprint density at radius 1 is 1.58 bits per heavy atom. The lowest BCUT2D eigenvalue weighted by atomic mass is 10.0. The van der Waals surface area contributed by atoms with Crippen molar-refractivity contribution in [2.24, 2.45) is 0 Å². The van der Waals surface area contributed by atoms with E-state index in [1.165, 1.54) is 0 Å². The van der Waals surface area contributed by atoms with Gasteiger partial charge in [-0.05, 0) is 19.3 Å². The summed E-state index contributed by atoms with van der Waals surface area (Å²) in [5.74, 6) is 0.144. The number of hydrogen-bond acceptors (Lipinski definition) is 3. The SMILES string of the molecule is CCCC(CC(=O)N1CCCC(O)C1)n1ccnc1. The van der Waals surface area contributed by atoms with Crippen molar-refractivity contribution >= 4 is 5.91 Å². The Bertz CT molecular complexity index is 391. The van der Waals surface area contributed by atoms with E-state index in [1.807, 2.05) is 10.8 Å². The van der Waals surface area contributed by atoms with E-state index in [0.29, 0.717) is 13.0 Å². The fourth-order valence-electron chi connectivity index (χ4n) is 2.69. The highest BCUT2D eigenvalue weighted by atomic mass is 16.3. The van der Waals surface area contributed by atoms with Gasteiger partial charge >= 0.3 is 0 Å². The maximum Gasteiger partial charge on any atom is 0.224 e. The number of amides is 1. The Morgan fingerprint density at radius 3 is 3.05 bits per heavy atom. The molecule has 2 rings (SSSR count). The highest BCUT2D eigenvalue weighted by Gasteiger charge is 2.24. The van der Waals surface area contributed by atoms with Crippen molar-refractivity contribution in [3.8, 4) is 0 Å². The summed E-state index contributed by atoms with van der Waals surface area (Å²) >= 11 is 0. The molecule has 2 heterocycles. The summed E-state index contributed by atoms with van der Waals surface area (Å²) in [7, 11) is 0. The van der Waals surface area contributed by atoms with Gasteiger partial charge in [0.1, 0.15) is 0 Å². The number of carbonyl (C=O) groups is 1. The number of carbonyl (C=O) groups excluding carboxylic acids is 1. The number of β-amino-alcohol motifs (C(OH)–C–C–N with tert-alkyl or cyclic N) is 1. The molecule has 2 atom stereocenters. The first kappa shape index (κ1) is 14.1. The molecular weight excluding hydrogens is 242 g/mol. The molecule has 1 amide bonds. The van der Waals surface area contributed by atoms with Crippen LogP contribution in [0.5, 0.6) is 0 Å². The molecule has 5 heteroatoms. The smallest absolute Gasteiger partial charge is 0.224 e. The van der Waals surface area contributed by atoms with Gasteiger partial charge in [-0.1, -0.05) is 13.3 Å². The molecule has 0 aromatic carbocycles. The van der Waals surface area contributed by atoms with Crippen LogP contribution in [0.25, 0.3) is 0 Å². The van der Waals surface area contributed by atoms with Gasteiger partial charge in [0, 0.05) is 37.9 Å². The average Bonchev–Trinajstić information content (AvgIpc) is 2.92. The van der Waals surface area contributed by atoms with E-state index in [-0.39, 0.29) is 18.1 Å². The van der Waals surface area contributed by atoms with Crippen molar-refractivity contribution in [2.45, 2.75) is 51.2 Å². The number of likely N-dealkylation sites (tertiary alicyclic amines) is 1. The topological polar surface area (TPSA) is 58.4 Å². The van der Waals surface area contributed by atoms with Crippen LogP contribution in [-0.4, -0.2) is 44.7 Å². The van der Waals surface area contributed by atoms with E-state index in [9.17, 15) is 9.90 Å². The number of piperidine rings is 1. The molecular formula is C14H23N3O2. The third kappa shape index (κ3) is 3.80. The van der Waals surface area contributed by atoms with Crippen LogP contribution in [0.3, 0.4) is 0 Å². The van der Waals surface area contributed by atoms with Gasteiger partial charge in [-0.3, -0.25) is 4.79 Å². The summed E-state index contributed by atoms with van der Waals surface area (Å²) in [5, 5.41) is 9.64. The summed E-state index contributed by atoms with van der Waals surface area (Å²) in [6.07, 6.45) is 9.30. The minimum absolute atomic E-state index is 0.144. The molecule has 5 nitrogen and oxygen atoms in total. The fraction of sp³-hybridized carbons (Fsp3) is 0.714. The quantitative estimate of drug-likeness (QED) is 0.879. The van der Waals surface area contributed by atoms with E-state index in [4.69, 9.17) is 0 Å². The first-order chi connectivity index (χ1) is 9.20. The Hall–Kier alpha value is -1.36. The molecule has 0 bridgehead atoms. The Balaban J connectivity index is 1.95. The highest BCUT2D eigenvalue weighted by molar-refractivity contribution is 5.76. The summed E-state index contributed by atoms with van der Waals surface area (Å²) in [5.41, 5.74) is 0. The number of nitrogens with zero attached hydrogens (tertiary/aromatic N) is 3. The Labute approximate surface area is 114 Å². The van der Waals surface area contributed by atoms with Crippen LogP contribution >= 0.6 is 0 Å². The summed E-state index contributed by atoms with van der Waals surface area (Å²) in [6.45, 7) is 3.39. The lowest BCUT2D eigenvalue weighted by Crippen LogP contribution is -2.42. The largest absolute Gasteiger partial charge is 0.391 e. The molecule has 1 aliphatic heterocycles. The molecule has 0 saturated carbocycles.